The Balaban J connectivity index is 1.60. The van der Waals surface area contributed by atoms with E-state index in [0.29, 0.717) is 47.6 Å². The molecule has 0 radical (unpaired) electrons. The molecule has 9 nitrogen and oxygen atoms in total. The molecule has 0 saturated carbocycles. The van der Waals surface area contributed by atoms with Crippen LogP contribution in [-0.4, -0.2) is 40.2 Å². The van der Waals surface area contributed by atoms with Gasteiger partial charge >= 0.3 is 0 Å². The lowest BCUT2D eigenvalue weighted by Gasteiger charge is -2.13. The fraction of sp³-hybridized carbons (Fsp3) is 0.158. The van der Waals surface area contributed by atoms with Gasteiger partial charge in [0.05, 0.1) is 12.0 Å². The van der Waals surface area contributed by atoms with Crippen molar-refractivity contribution < 1.29 is 13.2 Å². The van der Waals surface area contributed by atoms with E-state index in [1.54, 1.807) is 24.4 Å². The smallest absolute Gasteiger partial charge is 0.181 e. The van der Waals surface area contributed by atoms with Crippen LogP contribution in [0, 0.1) is 5.82 Å². The highest BCUT2D eigenvalue weighted by Gasteiger charge is 2.14. The number of H-pyrrole nitrogens is 1. The number of benzene rings is 1. The molecule has 4 rings (SSSR count). The van der Waals surface area contributed by atoms with Crippen LogP contribution in [0.5, 0.6) is 0 Å². The van der Waals surface area contributed by atoms with Gasteiger partial charge < -0.3 is 14.9 Å². The number of fused-ring (bicyclic) bond motifs is 1. The van der Waals surface area contributed by atoms with Crippen molar-refractivity contribution in [3.8, 4) is 11.3 Å². The third-order valence-corrected chi connectivity index (χ3v) is 4.87. The van der Waals surface area contributed by atoms with Crippen LogP contribution in [-0.2, 0) is 17.7 Å². The highest BCUT2D eigenvalue weighted by Crippen LogP contribution is 2.31. The third kappa shape index (κ3) is 4.48. The van der Waals surface area contributed by atoms with Gasteiger partial charge in [-0.2, -0.15) is 0 Å². The van der Waals surface area contributed by atoms with Crippen molar-refractivity contribution >= 4 is 33.9 Å². The van der Waals surface area contributed by atoms with Gasteiger partial charge in [0.2, 0.25) is 0 Å². The molecule has 0 amide bonds. The summed E-state index contributed by atoms with van der Waals surface area (Å²) < 4.78 is 37.8. The minimum absolute atomic E-state index is 0.266. The fourth-order valence-corrected chi connectivity index (χ4v) is 3.38. The second-order valence-electron chi connectivity index (χ2n) is 6.39. The number of nitrogens with one attached hydrogen (secondary N) is 3. The number of imidazole rings is 1. The van der Waals surface area contributed by atoms with Crippen LogP contribution in [0.1, 0.15) is 12.0 Å². The minimum atomic E-state index is -2.28. The molecule has 0 saturated heterocycles. The van der Waals surface area contributed by atoms with Crippen LogP contribution in [0.2, 0.25) is 0 Å². The van der Waals surface area contributed by atoms with Gasteiger partial charge in [-0.15, -0.1) is 0 Å². The van der Waals surface area contributed by atoms with Crippen LogP contribution < -0.4 is 10.0 Å². The molecule has 3 N–H and O–H groups in total. The number of hydrogen-bond acceptors (Lipinski definition) is 7. The molecule has 0 fully saturated rings. The summed E-state index contributed by atoms with van der Waals surface area (Å²) in [5.41, 5.74) is 3.58. The van der Waals surface area contributed by atoms with E-state index in [1.807, 2.05) is 6.07 Å². The first-order valence-corrected chi connectivity index (χ1v) is 10.2. The normalized spacial score (nSPS) is 12.2. The molecule has 1 atom stereocenters. The molecule has 0 aliphatic carbocycles. The molecular weight excluding hydrogens is 409 g/mol. The van der Waals surface area contributed by atoms with E-state index in [4.69, 9.17) is 0 Å². The molecule has 3 aromatic heterocycles. The van der Waals surface area contributed by atoms with Crippen LogP contribution in [0.25, 0.3) is 22.4 Å². The lowest BCUT2D eigenvalue weighted by Crippen LogP contribution is -2.18. The van der Waals surface area contributed by atoms with Gasteiger partial charge in [0.1, 0.15) is 29.2 Å². The van der Waals surface area contributed by atoms with Gasteiger partial charge in [-0.05, 0) is 42.7 Å². The predicted molar refractivity (Wildman–Crippen MR) is 110 cm³/mol. The molecule has 0 aliphatic heterocycles. The molecule has 154 valence electrons. The summed E-state index contributed by atoms with van der Waals surface area (Å²) in [6.45, 7) is 0.314. The van der Waals surface area contributed by atoms with Gasteiger partial charge in [0, 0.05) is 29.6 Å². The average Bonchev–Trinajstić information content (AvgIpc) is 3.23. The quantitative estimate of drug-likeness (QED) is 0.291. The summed E-state index contributed by atoms with van der Waals surface area (Å²) in [5.74, 6) is 0.00934. The highest BCUT2D eigenvalue weighted by molar-refractivity contribution is 7.77. The molecule has 0 bridgehead atoms. The van der Waals surface area contributed by atoms with Crippen molar-refractivity contribution in [1.82, 2.24) is 29.6 Å². The van der Waals surface area contributed by atoms with Gasteiger partial charge in [-0.3, -0.25) is 4.21 Å². The number of halogens is 1. The van der Waals surface area contributed by atoms with E-state index in [0.717, 1.165) is 5.56 Å². The largest absolute Gasteiger partial charge is 0.760 e. The highest BCUT2D eigenvalue weighted by atomic mass is 32.2. The number of anilines is 2. The lowest BCUT2D eigenvalue weighted by molar-refractivity contribution is 0.521. The van der Waals surface area contributed by atoms with Gasteiger partial charge in [-0.25, -0.2) is 29.0 Å². The van der Waals surface area contributed by atoms with Gasteiger partial charge in [0.15, 0.2) is 5.65 Å². The molecular formula is C19H17FN7O2S-. The Kier molecular flexibility index (Phi) is 6.02. The van der Waals surface area contributed by atoms with Crippen molar-refractivity contribution in [3.05, 3.63) is 60.6 Å². The minimum Gasteiger partial charge on any atom is -0.760 e. The Morgan fingerprint density at radius 3 is 2.93 bits per heavy atom. The first-order valence-electron chi connectivity index (χ1n) is 9.09. The zero-order valence-electron chi connectivity index (χ0n) is 15.6. The van der Waals surface area contributed by atoms with Crippen LogP contribution in [0.4, 0.5) is 15.9 Å². The Morgan fingerprint density at radius 2 is 2.07 bits per heavy atom. The number of rotatable bonds is 8. The number of aromatic amines is 1. The van der Waals surface area contributed by atoms with Gasteiger partial charge in [0.25, 0.3) is 0 Å². The molecule has 3 heterocycles. The number of hydrogen-bond donors (Lipinski definition) is 3. The second-order valence-corrected chi connectivity index (χ2v) is 7.15. The number of nitrogens with zero attached hydrogens (tertiary/aromatic N) is 4. The maximum atomic E-state index is 14.5. The van der Waals surface area contributed by atoms with Crippen molar-refractivity contribution in [2.24, 2.45) is 0 Å². The molecule has 11 heteroatoms. The van der Waals surface area contributed by atoms with E-state index >= 15 is 0 Å². The summed E-state index contributed by atoms with van der Waals surface area (Å²) >= 11 is -2.28. The monoisotopic (exact) mass is 426 g/mol. The predicted octanol–water partition coefficient (Wildman–Crippen LogP) is 2.61. The molecule has 0 spiro atoms. The summed E-state index contributed by atoms with van der Waals surface area (Å²) in [5, 5.41) is 3.05. The Morgan fingerprint density at radius 1 is 1.17 bits per heavy atom. The van der Waals surface area contributed by atoms with E-state index in [1.165, 1.54) is 18.7 Å². The lowest BCUT2D eigenvalue weighted by atomic mass is 10.1. The molecule has 1 aromatic carbocycles. The summed E-state index contributed by atoms with van der Waals surface area (Å²) in [6.07, 6.45) is 5.74. The average molecular weight is 426 g/mol. The van der Waals surface area contributed by atoms with Crippen LogP contribution in [0.3, 0.4) is 0 Å². The van der Waals surface area contributed by atoms with E-state index < -0.39 is 17.1 Å². The topological polar surface area (TPSA) is 132 Å². The second kappa shape index (κ2) is 9.03. The van der Waals surface area contributed by atoms with E-state index in [-0.39, 0.29) is 5.69 Å². The summed E-state index contributed by atoms with van der Waals surface area (Å²) in [6, 6.07) is 8.33. The zero-order chi connectivity index (χ0) is 20.9. The Bertz CT molecular complexity index is 1200. The standard InChI is InChI=1S/C19H18FN7O2S/c20-14-6-5-12(3-1-8-26-30(28)29)9-15(14)27-18-13(4-2-7-21-18)16-17-19(24-10-22-16)25-11-23-17/h2,4-7,9-11,26H,1,3,8H2,(H,21,27)(H,28,29)(H,22,23,24,25)/p-1. The van der Waals surface area contributed by atoms with Crippen molar-refractivity contribution in [1.29, 1.82) is 0 Å². The van der Waals surface area contributed by atoms with Crippen LogP contribution in [0.15, 0.2) is 49.2 Å². The fourth-order valence-electron chi connectivity index (χ4n) is 3.06. The zero-order valence-corrected chi connectivity index (χ0v) is 16.4. The van der Waals surface area contributed by atoms with Crippen molar-refractivity contribution in [3.63, 3.8) is 0 Å². The summed E-state index contributed by atoms with van der Waals surface area (Å²) in [4.78, 5) is 20.0. The van der Waals surface area contributed by atoms with E-state index in [2.05, 4.69) is 35.0 Å². The van der Waals surface area contributed by atoms with Crippen LogP contribution >= 0.6 is 0 Å². The van der Waals surface area contributed by atoms with Crippen molar-refractivity contribution in [2.75, 3.05) is 11.9 Å². The van der Waals surface area contributed by atoms with E-state index in [9.17, 15) is 13.2 Å². The first kappa shape index (κ1) is 20.0. The molecule has 0 aliphatic rings. The molecule has 1 unspecified atom stereocenters. The Labute approximate surface area is 173 Å². The SMILES string of the molecule is O=S([O-])NCCCc1ccc(F)c(Nc2ncccc2-c2ncnc3nc[nH]c23)c1. The number of aryl methyl sites for hydroxylation is 1. The molecule has 4 aromatic rings. The summed E-state index contributed by atoms with van der Waals surface area (Å²) in [7, 11) is 0. The van der Waals surface area contributed by atoms with Crippen molar-refractivity contribution in [2.45, 2.75) is 12.8 Å². The number of aromatic nitrogens is 5. The molecule has 30 heavy (non-hydrogen) atoms. The van der Waals surface area contributed by atoms with Gasteiger partial charge in [-0.1, -0.05) is 6.07 Å². The first-order chi connectivity index (χ1) is 14.6. The Hall–Kier alpha value is -3.28. The maximum absolute atomic E-state index is 14.5. The number of pyridine rings is 1. The maximum Gasteiger partial charge on any atom is 0.181 e. The third-order valence-electron chi connectivity index (χ3n) is 4.43.